The van der Waals surface area contributed by atoms with Crippen molar-refractivity contribution in [3.05, 3.63) is 48.0 Å². The van der Waals surface area contributed by atoms with Gasteiger partial charge in [0, 0.05) is 6.07 Å². The lowest BCUT2D eigenvalue weighted by molar-refractivity contribution is -0.119. The first-order valence-electron chi connectivity index (χ1n) is 7.40. The Balaban J connectivity index is 1.95. The van der Waals surface area contributed by atoms with Crippen LogP contribution in [0.1, 0.15) is 10.4 Å². The van der Waals surface area contributed by atoms with Crippen molar-refractivity contribution in [3.8, 4) is 17.2 Å². The standard InChI is InChI=1S/C18H19NO6/c1-22-13-6-4-12(5-7-13)18(21)25-11-17(20)19-15-10-14(23-2)8-9-16(15)24-3/h4-10H,11H2,1-3H3,(H,19,20). The van der Waals surface area contributed by atoms with Gasteiger partial charge in [-0.05, 0) is 36.4 Å². The van der Waals surface area contributed by atoms with Gasteiger partial charge in [-0.2, -0.15) is 0 Å². The molecule has 0 atom stereocenters. The molecule has 1 amide bonds. The largest absolute Gasteiger partial charge is 0.497 e. The molecule has 25 heavy (non-hydrogen) atoms. The molecule has 0 saturated heterocycles. The first-order valence-corrected chi connectivity index (χ1v) is 7.40. The van der Waals surface area contributed by atoms with E-state index in [2.05, 4.69) is 5.32 Å². The Morgan fingerprint density at radius 1 is 0.880 bits per heavy atom. The third kappa shape index (κ3) is 4.87. The van der Waals surface area contributed by atoms with Crippen molar-refractivity contribution in [3.63, 3.8) is 0 Å². The monoisotopic (exact) mass is 345 g/mol. The Hall–Kier alpha value is -3.22. The third-order valence-corrected chi connectivity index (χ3v) is 3.34. The van der Waals surface area contributed by atoms with E-state index in [4.69, 9.17) is 18.9 Å². The number of nitrogens with one attached hydrogen (secondary N) is 1. The van der Waals surface area contributed by atoms with Gasteiger partial charge in [0.1, 0.15) is 17.2 Å². The number of hydrogen-bond donors (Lipinski definition) is 1. The molecular weight excluding hydrogens is 326 g/mol. The zero-order chi connectivity index (χ0) is 18.2. The Morgan fingerprint density at radius 3 is 2.12 bits per heavy atom. The summed E-state index contributed by atoms with van der Waals surface area (Å²) in [6.07, 6.45) is 0. The molecule has 0 fully saturated rings. The Labute approximate surface area is 145 Å². The highest BCUT2D eigenvalue weighted by Gasteiger charge is 2.13. The molecule has 2 rings (SSSR count). The number of anilines is 1. The van der Waals surface area contributed by atoms with E-state index in [9.17, 15) is 9.59 Å². The third-order valence-electron chi connectivity index (χ3n) is 3.34. The first-order chi connectivity index (χ1) is 12.1. The molecule has 0 aliphatic heterocycles. The maximum absolute atomic E-state index is 12.0. The number of amides is 1. The zero-order valence-electron chi connectivity index (χ0n) is 14.2. The maximum Gasteiger partial charge on any atom is 0.338 e. The molecule has 2 aromatic carbocycles. The van der Waals surface area contributed by atoms with Crippen LogP contribution in [-0.2, 0) is 9.53 Å². The summed E-state index contributed by atoms with van der Waals surface area (Å²) in [7, 11) is 4.54. The molecule has 7 heteroatoms. The van der Waals surface area contributed by atoms with Crippen molar-refractivity contribution >= 4 is 17.6 Å². The summed E-state index contributed by atoms with van der Waals surface area (Å²) in [6, 6.07) is 11.4. The second kappa shape index (κ2) is 8.58. The molecule has 0 bridgehead atoms. The van der Waals surface area contributed by atoms with Crippen molar-refractivity contribution in [2.24, 2.45) is 0 Å². The number of hydrogen-bond acceptors (Lipinski definition) is 6. The highest BCUT2D eigenvalue weighted by atomic mass is 16.5. The van der Waals surface area contributed by atoms with Gasteiger partial charge in [-0.15, -0.1) is 0 Å². The van der Waals surface area contributed by atoms with Crippen LogP contribution in [-0.4, -0.2) is 39.8 Å². The Morgan fingerprint density at radius 2 is 1.52 bits per heavy atom. The van der Waals surface area contributed by atoms with Crippen molar-refractivity contribution in [2.45, 2.75) is 0 Å². The molecular formula is C18H19NO6. The fourth-order valence-corrected chi connectivity index (χ4v) is 2.04. The van der Waals surface area contributed by atoms with Crippen molar-refractivity contribution < 1.29 is 28.5 Å². The second-order valence-electron chi connectivity index (χ2n) is 4.92. The van der Waals surface area contributed by atoms with E-state index in [0.717, 1.165) is 0 Å². The fourth-order valence-electron chi connectivity index (χ4n) is 2.04. The summed E-state index contributed by atoms with van der Waals surface area (Å²) in [6.45, 7) is -0.425. The maximum atomic E-state index is 12.0. The van der Waals surface area contributed by atoms with Gasteiger partial charge >= 0.3 is 5.97 Å². The van der Waals surface area contributed by atoms with Crippen molar-refractivity contribution in [1.29, 1.82) is 0 Å². The van der Waals surface area contributed by atoms with Crippen LogP contribution in [0, 0.1) is 0 Å². The number of benzene rings is 2. The van der Waals surface area contributed by atoms with E-state index >= 15 is 0 Å². The molecule has 1 N–H and O–H groups in total. The van der Waals surface area contributed by atoms with Gasteiger partial charge in [0.25, 0.3) is 5.91 Å². The molecule has 0 spiro atoms. The molecule has 0 aliphatic rings. The number of carbonyl (C=O) groups is 2. The van der Waals surface area contributed by atoms with Gasteiger partial charge in [-0.25, -0.2) is 4.79 Å². The topological polar surface area (TPSA) is 83.1 Å². The minimum atomic E-state index is -0.601. The Kier molecular flexibility index (Phi) is 6.22. The van der Waals surface area contributed by atoms with Crippen LogP contribution in [0.2, 0.25) is 0 Å². The predicted molar refractivity (Wildman–Crippen MR) is 91.5 cm³/mol. The van der Waals surface area contributed by atoms with Gasteiger partial charge in [-0.3, -0.25) is 4.79 Å². The van der Waals surface area contributed by atoms with Crippen molar-refractivity contribution in [1.82, 2.24) is 0 Å². The molecule has 0 radical (unpaired) electrons. The number of methoxy groups -OCH3 is 3. The van der Waals surface area contributed by atoms with Gasteiger partial charge in [-0.1, -0.05) is 0 Å². The van der Waals surface area contributed by atoms with Gasteiger partial charge < -0.3 is 24.3 Å². The number of carbonyl (C=O) groups excluding carboxylic acids is 2. The van der Waals surface area contributed by atoms with Gasteiger partial charge in [0.05, 0.1) is 32.6 Å². The van der Waals surface area contributed by atoms with Crippen LogP contribution in [0.15, 0.2) is 42.5 Å². The van der Waals surface area contributed by atoms with E-state index in [-0.39, 0.29) is 0 Å². The fraction of sp³-hybridized carbons (Fsp3) is 0.222. The first kappa shape index (κ1) is 18.1. The van der Waals surface area contributed by atoms with Crippen LogP contribution in [0.4, 0.5) is 5.69 Å². The van der Waals surface area contributed by atoms with E-state index < -0.39 is 18.5 Å². The lowest BCUT2D eigenvalue weighted by Gasteiger charge is -2.12. The average Bonchev–Trinajstić information content (AvgIpc) is 2.66. The molecule has 0 aliphatic carbocycles. The highest BCUT2D eigenvalue weighted by molar-refractivity contribution is 5.96. The van der Waals surface area contributed by atoms with Crippen LogP contribution < -0.4 is 19.5 Å². The minimum absolute atomic E-state index is 0.326. The van der Waals surface area contributed by atoms with Crippen LogP contribution in [0.5, 0.6) is 17.2 Å². The van der Waals surface area contributed by atoms with E-state index in [0.29, 0.717) is 28.5 Å². The SMILES string of the molecule is COc1ccc(C(=O)OCC(=O)Nc2cc(OC)ccc2OC)cc1. The summed E-state index contributed by atoms with van der Waals surface area (Å²) in [5, 5.41) is 2.62. The predicted octanol–water partition coefficient (Wildman–Crippen LogP) is 2.51. The highest BCUT2D eigenvalue weighted by Crippen LogP contribution is 2.28. The Bertz CT molecular complexity index is 742. The smallest absolute Gasteiger partial charge is 0.338 e. The van der Waals surface area contributed by atoms with Gasteiger partial charge in [0.15, 0.2) is 6.61 Å². The summed E-state index contributed by atoms with van der Waals surface area (Å²) in [5.74, 6) is 0.560. The summed E-state index contributed by atoms with van der Waals surface area (Å²) in [5.41, 5.74) is 0.750. The van der Waals surface area contributed by atoms with Gasteiger partial charge in [0.2, 0.25) is 0 Å². The van der Waals surface area contributed by atoms with Crippen LogP contribution in [0.3, 0.4) is 0 Å². The number of esters is 1. The van der Waals surface area contributed by atoms with Crippen molar-refractivity contribution in [2.75, 3.05) is 33.3 Å². The molecule has 0 aromatic heterocycles. The molecule has 132 valence electrons. The van der Waals surface area contributed by atoms with Crippen LogP contribution >= 0.6 is 0 Å². The summed E-state index contributed by atoms with van der Waals surface area (Å²) >= 11 is 0. The van der Waals surface area contributed by atoms with E-state index in [1.54, 1.807) is 42.5 Å². The number of ether oxygens (including phenoxy) is 4. The molecule has 0 heterocycles. The lowest BCUT2D eigenvalue weighted by Crippen LogP contribution is -2.21. The molecule has 2 aromatic rings. The normalized spacial score (nSPS) is 9.88. The zero-order valence-corrected chi connectivity index (χ0v) is 14.2. The summed E-state index contributed by atoms with van der Waals surface area (Å²) in [4.78, 5) is 23.9. The average molecular weight is 345 g/mol. The molecule has 0 unspecified atom stereocenters. The van der Waals surface area contributed by atoms with E-state index in [1.165, 1.54) is 21.3 Å². The molecule has 7 nitrogen and oxygen atoms in total. The molecule has 0 saturated carbocycles. The second-order valence-corrected chi connectivity index (χ2v) is 4.92. The minimum Gasteiger partial charge on any atom is -0.497 e. The van der Waals surface area contributed by atoms with E-state index in [1.807, 2.05) is 0 Å². The number of rotatable bonds is 7. The quantitative estimate of drug-likeness (QED) is 0.777. The van der Waals surface area contributed by atoms with Crippen LogP contribution in [0.25, 0.3) is 0 Å². The summed E-state index contributed by atoms with van der Waals surface area (Å²) < 4.78 is 20.3. The lowest BCUT2D eigenvalue weighted by atomic mass is 10.2.